The minimum atomic E-state index is -4.55. The Morgan fingerprint density at radius 3 is 1.61 bits per heavy atom. The van der Waals surface area contributed by atoms with Gasteiger partial charge >= 0.3 is 18.1 Å². The summed E-state index contributed by atoms with van der Waals surface area (Å²) in [5, 5.41) is 24.6. The van der Waals surface area contributed by atoms with E-state index in [9.17, 15) is 32.3 Å². The largest absolute Gasteiger partial charge is 0.477 e. The zero-order chi connectivity index (χ0) is 32.4. The van der Waals surface area contributed by atoms with Crippen molar-refractivity contribution in [2.24, 2.45) is 5.41 Å². The van der Waals surface area contributed by atoms with Crippen LogP contribution in [0.5, 0.6) is 0 Å². The minimum Gasteiger partial charge on any atom is -0.477 e. The summed E-state index contributed by atoms with van der Waals surface area (Å²) in [6.07, 6.45) is -4.55. The van der Waals surface area contributed by atoms with Crippen molar-refractivity contribution in [3.05, 3.63) is 95.3 Å². The van der Waals surface area contributed by atoms with Gasteiger partial charge in [0.05, 0.1) is 28.0 Å². The lowest BCUT2D eigenvalue weighted by molar-refractivity contribution is -0.137. The molecule has 0 atom stereocenters. The zero-order valence-corrected chi connectivity index (χ0v) is 23.6. The van der Waals surface area contributed by atoms with Gasteiger partial charge in [-0.25, -0.2) is 9.59 Å². The van der Waals surface area contributed by atoms with E-state index in [1.165, 1.54) is 18.2 Å². The number of aromatic carboxylic acids is 2. The van der Waals surface area contributed by atoms with Crippen LogP contribution in [0.4, 0.5) is 24.5 Å². The molecule has 0 saturated carbocycles. The molecule has 0 bridgehead atoms. The van der Waals surface area contributed by atoms with Crippen LogP contribution in [0.2, 0.25) is 0 Å². The predicted molar refractivity (Wildman–Crippen MR) is 158 cm³/mol. The summed E-state index contributed by atoms with van der Waals surface area (Å²) in [6.45, 7) is 5.46. The van der Waals surface area contributed by atoms with Crippen LogP contribution in [0.1, 0.15) is 57.7 Å². The highest BCUT2D eigenvalue weighted by Gasteiger charge is 2.31. The van der Waals surface area contributed by atoms with Crippen molar-refractivity contribution >= 4 is 56.9 Å². The van der Waals surface area contributed by atoms with Crippen LogP contribution in [0, 0.1) is 5.41 Å². The number of carbonyl (C=O) groups excluding carboxylic acids is 2. The number of carboxylic acid groups (broad SMARTS) is 2. The summed E-state index contributed by atoms with van der Waals surface area (Å²) in [5.74, 6) is -3.03. The summed E-state index contributed by atoms with van der Waals surface area (Å²) in [4.78, 5) is 51.7. The Hall–Kier alpha value is -5.59. The summed E-state index contributed by atoms with van der Waals surface area (Å²) in [7, 11) is 0. The first-order valence-corrected chi connectivity index (χ1v) is 13.0. The zero-order valence-electron chi connectivity index (χ0n) is 23.6. The summed E-state index contributed by atoms with van der Waals surface area (Å²) < 4.78 is 38.3. The molecule has 5 rings (SSSR count). The van der Waals surface area contributed by atoms with Gasteiger partial charge in [-0.05, 0) is 42.5 Å². The number of hydrogen-bond acceptors (Lipinski definition) is 4. The molecule has 13 heteroatoms. The molecule has 0 aliphatic carbocycles. The van der Waals surface area contributed by atoms with E-state index in [0.29, 0.717) is 22.1 Å². The Morgan fingerprint density at radius 2 is 1.16 bits per heavy atom. The third-order valence-electron chi connectivity index (χ3n) is 6.40. The fourth-order valence-corrected chi connectivity index (χ4v) is 4.09. The molecule has 2 aromatic heterocycles. The highest BCUT2D eigenvalue weighted by Crippen LogP contribution is 2.30. The second kappa shape index (κ2) is 12.0. The standard InChI is InChI=1S/C17H11F3N2O3.C14H16N2O3/c18-17(19,20)11-5-1-4-10(7-11)15(23)22-12-6-2-3-9-8-13(16(24)25)21-14(9)12;1-14(2,3)13(19)16-9-6-4-5-8-7-10(12(17)18)15-11(8)9/h1-8,21H,(H,22,23)(H,24,25);4-7,15H,1-3H3,(H,16,19)(H,17,18). The van der Waals surface area contributed by atoms with Crippen LogP contribution in [-0.4, -0.2) is 43.9 Å². The summed E-state index contributed by atoms with van der Waals surface area (Å²) >= 11 is 0. The Bertz CT molecular complexity index is 1900. The first-order chi connectivity index (χ1) is 20.5. The highest BCUT2D eigenvalue weighted by molar-refractivity contribution is 6.09. The fraction of sp³-hybridized carbons (Fsp3) is 0.161. The molecule has 0 radical (unpaired) electrons. The number of halogens is 3. The minimum absolute atomic E-state index is 0.0595. The molecule has 0 aliphatic heterocycles. The number of aromatic amines is 2. The average molecular weight is 609 g/mol. The van der Waals surface area contributed by atoms with Crippen molar-refractivity contribution in [2.45, 2.75) is 26.9 Å². The smallest absolute Gasteiger partial charge is 0.416 e. The van der Waals surface area contributed by atoms with E-state index >= 15 is 0 Å². The first kappa shape index (κ1) is 31.3. The average Bonchev–Trinajstić information content (AvgIpc) is 3.59. The number of carbonyl (C=O) groups is 4. The molecule has 228 valence electrons. The molecule has 6 N–H and O–H groups in total. The lowest BCUT2D eigenvalue weighted by atomic mass is 9.95. The van der Waals surface area contributed by atoms with E-state index < -0.39 is 35.0 Å². The van der Waals surface area contributed by atoms with Crippen LogP contribution in [0.3, 0.4) is 0 Å². The van der Waals surface area contributed by atoms with E-state index in [2.05, 4.69) is 20.6 Å². The van der Waals surface area contributed by atoms with Gasteiger partial charge in [0.2, 0.25) is 5.91 Å². The van der Waals surface area contributed by atoms with E-state index in [0.717, 1.165) is 23.6 Å². The monoisotopic (exact) mass is 608 g/mol. The number of para-hydroxylation sites is 2. The number of rotatable bonds is 5. The number of nitrogens with one attached hydrogen (secondary N) is 4. The molecule has 10 nitrogen and oxygen atoms in total. The molecule has 0 spiro atoms. The first-order valence-electron chi connectivity index (χ1n) is 13.0. The molecule has 44 heavy (non-hydrogen) atoms. The molecule has 0 unspecified atom stereocenters. The van der Waals surface area contributed by atoms with Crippen LogP contribution in [0.15, 0.2) is 72.8 Å². The second-order valence-electron chi connectivity index (χ2n) is 10.8. The molecule has 2 heterocycles. The van der Waals surface area contributed by atoms with Crippen molar-refractivity contribution in [2.75, 3.05) is 10.6 Å². The predicted octanol–water partition coefficient (Wildman–Crippen LogP) is 6.99. The third-order valence-corrected chi connectivity index (χ3v) is 6.40. The number of alkyl halides is 3. The van der Waals surface area contributed by atoms with Crippen molar-refractivity contribution < 1.29 is 42.6 Å². The summed E-state index contributed by atoms with van der Waals surface area (Å²) in [5.41, 5.74) is 0.311. The number of amides is 2. The number of aromatic nitrogens is 2. The maximum Gasteiger partial charge on any atom is 0.416 e. The van der Waals surface area contributed by atoms with Gasteiger partial charge in [-0.2, -0.15) is 13.2 Å². The Kier molecular flexibility index (Phi) is 8.52. The number of anilines is 2. The fourth-order valence-electron chi connectivity index (χ4n) is 4.09. The topological polar surface area (TPSA) is 164 Å². The van der Waals surface area contributed by atoms with E-state index in [1.807, 2.05) is 20.8 Å². The normalized spacial score (nSPS) is 11.5. The lowest BCUT2D eigenvalue weighted by Gasteiger charge is -2.18. The van der Waals surface area contributed by atoms with Crippen molar-refractivity contribution in [1.29, 1.82) is 0 Å². The van der Waals surface area contributed by atoms with Crippen molar-refractivity contribution in [3.8, 4) is 0 Å². The molecule has 0 fully saturated rings. The molecule has 2 amide bonds. The van der Waals surface area contributed by atoms with Crippen LogP contribution in [0.25, 0.3) is 21.8 Å². The van der Waals surface area contributed by atoms with Crippen LogP contribution >= 0.6 is 0 Å². The van der Waals surface area contributed by atoms with Gasteiger partial charge in [-0.3, -0.25) is 9.59 Å². The van der Waals surface area contributed by atoms with Gasteiger partial charge in [-0.15, -0.1) is 0 Å². The quantitative estimate of drug-likeness (QED) is 0.126. The van der Waals surface area contributed by atoms with Crippen molar-refractivity contribution in [3.63, 3.8) is 0 Å². The number of benzene rings is 3. The highest BCUT2D eigenvalue weighted by atomic mass is 19.4. The van der Waals surface area contributed by atoms with E-state index in [-0.39, 0.29) is 28.5 Å². The second-order valence-corrected chi connectivity index (χ2v) is 10.8. The number of carboxylic acids is 2. The number of hydrogen-bond donors (Lipinski definition) is 6. The van der Waals surface area contributed by atoms with Crippen molar-refractivity contribution in [1.82, 2.24) is 9.97 Å². The van der Waals surface area contributed by atoms with E-state index in [4.69, 9.17) is 10.2 Å². The maximum atomic E-state index is 12.8. The number of fused-ring (bicyclic) bond motifs is 2. The SMILES string of the molecule is CC(C)(C)C(=O)Nc1cccc2cc(C(=O)O)[nH]c12.O=C(Nc1cccc2cc(C(=O)O)[nH]c12)c1cccc(C(F)(F)F)c1. The van der Waals surface area contributed by atoms with Gasteiger partial charge in [0, 0.05) is 21.8 Å². The molecule has 3 aromatic carbocycles. The van der Waals surface area contributed by atoms with Gasteiger partial charge in [0.25, 0.3) is 5.91 Å². The van der Waals surface area contributed by atoms with Gasteiger partial charge in [0.15, 0.2) is 0 Å². The van der Waals surface area contributed by atoms with Gasteiger partial charge in [0.1, 0.15) is 11.4 Å². The molecular formula is C31H27F3N4O6. The summed E-state index contributed by atoms with van der Waals surface area (Å²) in [6, 6.07) is 17.1. The van der Waals surface area contributed by atoms with Crippen LogP contribution in [-0.2, 0) is 11.0 Å². The molecule has 5 aromatic rings. The van der Waals surface area contributed by atoms with E-state index in [1.54, 1.807) is 36.4 Å². The molecule has 0 saturated heterocycles. The number of H-pyrrole nitrogens is 2. The Morgan fingerprint density at radius 1 is 0.682 bits per heavy atom. The van der Waals surface area contributed by atoms with Crippen LogP contribution < -0.4 is 10.6 Å². The third kappa shape index (κ3) is 7.06. The molecular weight excluding hydrogens is 581 g/mol. The van der Waals surface area contributed by atoms with Gasteiger partial charge < -0.3 is 30.8 Å². The maximum absolute atomic E-state index is 12.8. The molecule has 0 aliphatic rings. The Labute approximate surface area is 247 Å². The Balaban J connectivity index is 0.000000209. The van der Waals surface area contributed by atoms with Gasteiger partial charge in [-0.1, -0.05) is 51.1 Å². The lowest BCUT2D eigenvalue weighted by Crippen LogP contribution is -2.27.